The van der Waals surface area contributed by atoms with Crippen LogP contribution >= 0.6 is 22.6 Å². The summed E-state index contributed by atoms with van der Waals surface area (Å²) in [6, 6.07) is 15.7. The van der Waals surface area contributed by atoms with Gasteiger partial charge in [0.2, 0.25) is 17.7 Å². The number of nitrogens with one attached hydrogen (secondary N) is 3. The standard InChI is InChI=1S/C21H25IN4O3/c1-14(25-19(27)12-23)20(28)26-18(11-15-6-3-2-4-7-15)21(29)24-13-16-8-5-9-17(22)10-16/h2-10,14,18H,11-13,23H2,1H3,(H,24,29)(H,25,27)(H,26,28)/t14-,18-/m0/s1. The van der Waals surface area contributed by atoms with Gasteiger partial charge in [0.05, 0.1) is 6.54 Å². The lowest BCUT2D eigenvalue weighted by Gasteiger charge is -2.21. The smallest absolute Gasteiger partial charge is 0.243 e. The number of hydrogen-bond acceptors (Lipinski definition) is 4. The molecule has 0 radical (unpaired) electrons. The highest BCUT2D eigenvalue weighted by Crippen LogP contribution is 2.08. The summed E-state index contributed by atoms with van der Waals surface area (Å²) in [4.78, 5) is 36.7. The summed E-state index contributed by atoms with van der Waals surface area (Å²) in [6.07, 6.45) is 0.336. The SMILES string of the molecule is C[C@H](NC(=O)CN)C(=O)N[C@@H](Cc1ccccc1)C(=O)NCc1cccc(I)c1. The molecule has 0 saturated carbocycles. The zero-order chi connectivity index (χ0) is 21.2. The van der Waals surface area contributed by atoms with Crippen molar-refractivity contribution < 1.29 is 14.4 Å². The van der Waals surface area contributed by atoms with E-state index in [1.165, 1.54) is 0 Å². The summed E-state index contributed by atoms with van der Waals surface area (Å²) in [5.41, 5.74) is 7.16. The first-order chi connectivity index (χ1) is 13.9. The first kappa shape index (κ1) is 22.8. The minimum Gasteiger partial charge on any atom is -0.350 e. The third kappa shape index (κ3) is 7.82. The Hall–Kier alpha value is -2.46. The van der Waals surface area contributed by atoms with E-state index in [1.54, 1.807) is 6.92 Å². The largest absolute Gasteiger partial charge is 0.350 e. The zero-order valence-corrected chi connectivity index (χ0v) is 18.3. The number of nitrogens with two attached hydrogens (primary N) is 1. The quantitative estimate of drug-likeness (QED) is 0.380. The molecule has 0 heterocycles. The monoisotopic (exact) mass is 508 g/mol. The molecule has 0 aliphatic carbocycles. The van der Waals surface area contributed by atoms with Crippen molar-refractivity contribution in [3.8, 4) is 0 Å². The number of rotatable bonds is 9. The highest BCUT2D eigenvalue weighted by atomic mass is 127. The third-order valence-corrected chi connectivity index (χ3v) is 4.90. The second kappa shape index (κ2) is 11.5. The fourth-order valence-corrected chi connectivity index (χ4v) is 3.29. The summed E-state index contributed by atoms with van der Waals surface area (Å²) < 4.78 is 1.08. The van der Waals surface area contributed by atoms with Crippen molar-refractivity contribution in [3.05, 3.63) is 69.3 Å². The molecule has 0 bridgehead atoms. The molecule has 8 heteroatoms. The number of carbonyl (C=O) groups excluding carboxylic acids is 3. The van der Waals surface area contributed by atoms with Gasteiger partial charge in [0.15, 0.2) is 0 Å². The second-order valence-electron chi connectivity index (χ2n) is 6.59. The first-order valence-corrected chi connectivity index (χ1v) is 10.3. The molecule has 7 nitrogen and oxygen atoms in total. The second-order valence-corrected chi connectivity index (χ2v) is 7.84. The topological polar surface area (TPSA) is 113 Å². The van der Waals surface area contributed by atoms with E-state index in [0.29, 0.717) is 13.0 Å². The van der Waals surface area contributed by atoms with Gasteiger partial charge in [-0.25, -0.2) is 0 Å². The van der Waals surface area contributed by atoms with Gasteiger partial charge in [0.25, 0.3) is 0 Å². The van der Waals surface area contributed by atoms with E-state index in [-0.39, 0.29) is 12.5 Å². The summed E-state index contributed by atoms with van der Waals surface area (Å²) in [5.74, 6) is -1.18. The summed E-state index contributed by atoms with van der Waals surface area (Å²) in [5, 5.41) is 8.11. The van der Waals surface area contributed by atoms with Gasteiger partial charge in [-0.3, -0.25) is 14.4 Å². The van der Waals surface area contributed by atoms with Crippen molar-refractivity contribution >= 4 is 40.3 Å². The van der Waals surface area contributed by atoms with E-state index >= 15 is 0 Å². The van der Waals surface area contributed by atoms with Crippen LogP contribution in [0.2, 0.25) is 0 Å². The van der Waals surface area contributed by atoms with Crippen LogP contribution in [0.1, 0.15) is 18.1 Å². The van der Waals surface area contributed by atoms with Gasteiger partial charge >= 0.3 is 0 Å². The maximum Gasteiger partial charge on any atom is 0.243 e. The Labute approximate surface area is 184 Å². The molecule has 0 spiro atoms. The highest BCUT2D eigenvalue weighted by Gasteiger charge is 2.24. The van der Waals surface area contributed by atoms with Crippen molar-refractivity contribution in [1.29, 1.82) is 0 Å². The third-order valence-electron chi connectivity index (χ3n) is 4.23. The minimum atomic E-state index is -0.798. The molecule has 5 N–H and O–H groups in total. The first-order valence-electron chi connectivity index (χ1n) is 9.25. The van der Waals surface area contributed by atoms with Crippen LogP contribution in [0.15, 0.2) is 54.6 Å². The molecule has 0 fully saturated rings. The lowest BCUT2D eigenvalue weighted by atomic mass is 10.0. The summed E-state index contributed by atoms with van der Waals surface area (Å²) in [6.45, 7) is 1.70. The fourth-order valence-electron chi connectivity index (χ4n) is 2.68. The molecule has 3 amide bonds. The molecular weight excluding hydrogens is 483 g/mol. The molecule has 2 aromatic carbocycles. The van der Waals surface area contributed by atoms with Crippen molar-refractivity contribution in [1.82, 2.24) is 16.0 Å². The van der Waals surface area contributed by atoms with Crippen LogP contribution < -0.4 is 21.7 Å². The van der Waals surface area contributed by atoms with Gasteiger partial charge in [-0.15, -0.1) is 0 Å². The Morgan fingerprint density at radius 2 is 1.66 bits per heavy atom. The van der Waals surface area contributed by atoms with Crippen LogP contribution in [0.4, 0.5) is 0 Å². The van der Waals surface area contributed by atoms with E-state index in [2.05, 4.69) is 38.5 Å². The minimum absolute atomic E-state index is 0.207. The van der Waals surface area contributed by atoms with Crippen molar-refractivity contribution in [3.63, 3.8) is 0 Å². The lowest BCUT2D eigenvalue weighted by Crippen LogP contribution is -2.54. The van der Waals surface area contributed by atoms with Crippen LogP contribution in [0.5, 0.6) is 0 Å². The molecule has 29 heavy (non-hydrogen) atoms. The van der Waals surface area contributed by atoms with Gasteiger partial charge in [-0.2, -0.15) is 0 Å². The van der Waals surface area contributed by atoms with Gasteiger partial charge in [0, 0.05) is 16.5 Å². The summed E-state index contributed by atoms with van der Waals surface area (Å²) >= 11 is 2.21. The van der Waals surface area contributed by atoms with Crippen molar-refractivity contribution in [2.45, 2.75) is 32.0 Å². The van der Waals surface area contributed by atoms with Gasteiger partial charge in [0.1, 0.15) is 12.1 Å². The predicted octanol–water partition coefficient (Wildman–Crippen LogP) is 1.10. The number of halogens is 1. The molecule has 0 aliphatic rings. The number of benzene rings is 2. The Morgan fingerprint density at radius 3 is 2.31 bits per heavy atom. The highest BCUT2D eigenvalue weighted by molar-refractivity contribution is 14.1. The Morgan fingerprint density at radius 1 is 0.966 bits per heavy atom. The molecule has 0 aliphatic heterocycles. The van der Waals surface area contributed by atoms with Crippen LogP contribution in [-0.4, -0.2) is 36.3 Å². The number of amides is 3. The number of carbonyl (C=O) groups is 3. The molecule has 0 unspecified atom stereocenters. The van der Waals surface area contributed by atoms with Crippen molar-refractivity contribution in [2.75, 3.05) is 6.54 Å². The molecular formula is C21H25IN4O3. The lowest BCUT2D eigenvalue weighted by molar-refractivity contribution is -0.131. The molecule has 2 aromatic rings. The predicted molar refractivity (Wildman–Crippen MR) is 120 cm³/mol. The zero-order valence-electron chi connectivity index (χ0n) is 16.2. The van der Waals surface area contributed by atoms with Crippen LogP contribution in [0, 0.1) is 3.57 Å². The van der Waals surface area contributed by atoms with E-state index in [0.717, 1.165) is 14.7 Å². The van der Waals surface area contributed by atoms with E-state index in [9.17, 15) is 14.4 Å². The normalized spacial score (nSPS) is 12.5. The molecule has 2 atom stereocenters. The van der Waals surface area contributed by atoms with E-state index in [1.807, 2.05) is 54.6 Å². The Bertz CT molecular complexity index is 845. The maximum absolute atomic E-state index is 12.8. The average molecular weight is 508 g/mol. The van der Waals surface area contributed by atoms with Crippen LogP contribution in [0.25, 0.3) is 0 Å². The van der Waals surface area contributed by atoms with Crippen LogP contribution in [-0.2, 0) is 27.3 Å². The molecule has 2 rings (SSSR count). The average Bonchev–Trinajstić information content (AvgIpc) is 2.72. The Balaban J connectivity index is 2.06. The van der Waals surface area contributed by atoms with E-state index < -0.39 is 23.9 Å². The molecule has 0 aromatic heterocycles. The van der Waals surface area contributed by atoms with Crippen molar-refractivity contribution in [2.24, 2.45) is 5.73 Å². The fraction of sp³-hybridized carbons (Fsp3) is 0.286. The molecule has 0 saturated heterocycles. The number of hydrogen-bond donors (Lipinski definition) is 4. The summed E-state index contributed by atoms with van der Waals surface area (Å²) in [7, 11) is 0. The van der Waals surface area contributed by atoms with Crippen LogP contribution in [0.3, 0.4) is 0 Å². The van der Waals surface area contributed by atoms with Gasteiger partial charge in [-0.1, -0.05) is 42.5 Å². The molecule has 154 valence electrons. The van der Waals surface area contributed by atoms with Gasteiger partial charge in [-0.05, 0) is 52.8 Å². The van der Waals surface area contributed by atoms with E-state index in [4.69, 9.17) is 5.73 Å². The Kier molecular flexibility index (Phi) is 9.07. The van der Waals surface area contributed by atoms with Gasteiger partial charge < -0.3 is 21.7 Å². The maximum atomic E-state index is 12.8.